The first kappa shape index (κ1) is 19.6. The number of Topliss-reactive ketones (excluding diaryl/α,β-unsaturated/α-hetero) is 1. The second-order valence-corrected chi connectivity index (χ2v) is 9.35. The molecule has 1 unspecified atom stereocenters. The van der Waals surface area contributed by atoms with Gasteiger partial charge in [-0.1, -0.05) is 19.8 Å². The van der Waals surface area contributed by atoms with Gasteiger partial charge in [0.1, 0.15) is 5.78 Å². The van der Waals surface area contributed by atoms with Crippen molar-refractivity contribution < 1.29 is 13.2 Å². The second-order valence-electron chi connectivity index (χ2n) is 6.49. The Labute approximate surface area is 124 Å². The zero-order valence-electron chi connectivity index (χ0n) is 13.4. The maximum Gasteiger partial charge on any atom is 0.155 e. The van der Waals surface area contributed by atoms with E-state index in [0.717, 1.165) is 25.7 Å². The third kappa shape index (κ3) is 7.39. The lowest BCUT2D eigenvalue weighted by Gasteiger charge is -2.19. The van der Waals surface area contributed by atoms with Crippen LogP contribution in [0.3, 0.4) is 0 Å². The number of carbonyl (C=O) groups excluding carboxylic acids is 1. The first-order valence-corrected chi connectivity index (χ1v) is 9.23. The molecule has 0 fully saturated rings. The van der Waals surface area contributed by atoms with Gasteiger partial charge in [0.2, 0.25) is 0 Å². The molecule has 0 bridgehead atoms. The summed E-state index contributed by atoms with van der Waals surface area (Å²) in [7, 11) is -3.19. The SMILES string of the molecule is CCCC(CCN)CCC(=O)CCS(=O)(=O)C(C)(C)C. The van der Waals surface area contributed by atoms with Crippen LogP contribution in [0.15, 0.2) is 0 Å². The van der Waals surface area contributed by atoms with E-state index in [0.29, 0.717) is 18.9 Å². The number of sulfone groups is 1. The molecule has 0 aromatic rings. The van der Waals surface area contributed by atoms with Gasteiger partial charge in [0.25, 0.3) is 0 Å². The van der Waals surface area contributed by atoms with Crippen LogP contribution in [0.25, 0.3) is 0 Å². The zero-order chi connectivity index (χ0) is 15.8. The summed E-state index contributed by atoms with van der Waals surface area (Å²) < 4.78 is 23.1. The van der Waals surface area contributed by atoms with Crippen LogP contribution in [0.2, 0.25) is 0 Å². The van der Waals surface area contributed by atoms with Crippen LogP contribution in [0, 0.1) is 5.92 Å². The number of rotatable bonds is 10. The van der Waals surface area contributed by atoms with Gasteiger partial charge < -0.3 is 5.73 Å². The maximum atomic E-state index is 11.9. The predicted octanol–water partition coefficient (Wildman–Crippen LogP) is 2.70. The Kier molecular flexibility index (Phi) is 8.59. The highest BCUT2D eigenvalue weighted by Gasteiger charge is 2.29. The largest absolute Gasteiger partial charge is 0.330 e. The Morgan fingerprint density at radius 3 is 2.15 bits per heavy atom. The van der Waals surface area contributed by atoms with Gasteiger partial charge >= 0.3 is 0 Å². The minimum absolute atomic E-state index is 0.0370. The molecule has 2 N–H and O–H groups in total. The van der Waals surface area contributed by atoms with E-state index in [1.54, 1.807) is 20.8 Å². The Balaban J connectivity index is 4.18. The fourth-order valence-corrected chi connectivity index (χ4v) is 3.23. The van der Waals surface area contributed by atoms with E-state index in [-0.39, 0.29) is 18.0 Å². The van der Waals surface area contributed by atoms with Crippen molar-refractivity contribution in [1.29, 1.82) is 0 Å². The smallest absolute Gasteiger partial charge is 0.155 e. The number of ketones is 1. The summed E-state index contributed by atoms with van der Waals surface area (Å²) in [6, 6.07) is 0. The average molecular weight is 305 g/mol. The van der Waals surface area contributed by atoms with Gasteiger partial charge in [-0.15, -0.1) is 0 Å². The Hall–Kier alpha value is -0.420. The van der Waals surface area contributed by atoms with Gasteiger partial charge in [-0.05, 0) is 46.1 Å². The van der Waals surface area contributed by atoms with Crippen molar-refractivity contribution in [2.75, 3.05) is 12.3 Å². The lowest BCUT2D eigenvalue weighted by atomic mass is 9.93. The van der Waals surface area contributed by atoms with Crippen molar-refractivity contribution >= 4 is 15.6 Å². The van der Waals surface area contributed by atoms with Crippen molar-refractivity contribution in [2.24, 2.45) is 11.7 Å². The lowest BCUT2D eigenvalue weighted by molar-refractivity contribution is -0.119. The van der Waals surface area contributed by atoms with E-state index in [4.69, 9.17) is 5.73 Å². The third-order valence-corrected chi connectivity index (χ3v) is 6.29. The highest BCUT2D eigenvalue weighted by molar-refractivity contribution is 7.92. The summed E-state index contributed by atoms with van der Waals surface area (Å²) in [5.41, 5.74) is 5.57. The minimum atomic E-state index is -3.19. The normalized spacial score (nSPS) is 14.2. The Bertz CT molecular complexity index is 376. The topological polar surface area (TPSA) is 77.2 Å². The summed E-state index contributed by atoms with van der Waals surface area (Å²) in [5, 5.41) is 0. The standard InChI is InChI=1S/C15H31NO3S/c1-5-6-13(9-11-16)7-8-14(17)10-12-20(18,19)15(2,3)4/h13H,5-12,16H2,1-4H3. The molecule has 0 aliphatic rings. The van der Waals surface area contributed by atoms with Gasteiger partial charge in [0.05, 0.1) is 10.5 Å². The molecule has 0 amide bonds. The van der Waals surface area contributed by atoms with Crippen molar-refractivity contribution in [3.05, 3.63) is 0 Å². The van der Waals surface area contributed by atoms with Crippen molar-refractivity contribution in [3.8, 4) is 0 Å². The number of hydrogen-bond donors (Lipinski definition) is 1. The van der Waals surface area contributed by atoms with Crippen LogP contribution in [0.5, 0.6) is 0 Å². The molecule has 0 aromatic carbocycles. The van der Waals surface area contributed by atoms with E-state index in [9.17, 15) is 13.2 Å². The lowest BCUT2D eigenvalue weighted by Crippen LogP contribution is -2.31. The molecule has 0 aliphatic heterocycles. The second kappa shape index (κ2) is 8.78. The fraction of sp³-hybridized carbons (Fsp3) is 0.933. The highest BCUT2D eigenvalue weighted by Crippen LogP contribution is 2.19. The van der Waals surface area contributed by atoms with E-state index >= 15 is 0 Å². The molecule has 0 aromatic heterocycles. The first-order chi connectivity index (χ1) is 9.14. The Morgan fingerprint density at radius 1 is 1.10 bits per heavy atom. The molecule has 20 heavy (non-hydrogen) atoms. The van der Waals surface area contributed by atoms with Gasteiger partial charge in [-0.25, -0.2) is 8.42 Å². The molecule has 0 radical (unpaired) electrons. The monoisotopic (exact) mass is 305 g/mol. The number of nitrogens with two attached hydrogens (primary N) is 1. The summed E-state index contributed by atoms with van der Waals surface area (Å²) >= 11 is 0. The van der Waals surface area contributed by atoms with Crippen molar-refractivity contribution in [2.45, 2.75) is 71.0 Å². The highest BCUT2D eigenvalue weighted by atomic mass is 32.2. The van der Waals surface area contributed by atoms with Crippen molar-refractivity contribution in [3.63, 3.8) is 0 Å². The molecule has 0 saturated heterocycles. The van der Waals surface area contributed by atoms with E-state index < -0.39 is 14.6 Å². The maximum absolute atomic E-state index is 11.9. The molecule has 0 aliphatic carbocycles. The van der Waals surface area contributed by atoms with Crippen LogP contribution in [0.4, 0.5) is 0 Å². The molecular formula is C15H31NO3S. The summed E-state index contributed by atoms with van der Waals surface area (Å²) in [6.07, 6.45) is 4.58. The number of carbonyl (C=O) groups is 1. The van der Waals surface area contributed by atoms with E-state index in [1.165, 1.54) is 0 Å². The molecule has 120 valence electrons. The molecule has 5 heteroatoms. The van der Waals surface area contributed by atoms with Gasteiger partial charge in [0, 0.05) is 12.8 Å². The Morgan fingerprint density at radius 2 is 1.70 bits per heavy atom. The summed E-state index contributed by atoms with van der Waals surface area (Å²) in [5.74, 6) is 0.508. The molecule has 0 rings (SSSR count). The van der Waals surface area contributed by atoms with Crippen LogP contribution in [-0.4, -0.2) is 31.2 Å². The average Bonchev–Trinajstić information content (AvgIpc) is 2.32. The minimum Gasteiger partial charge on any atom is -0.330 e. The van der Waals surface area contributed by atoms with Crippen LogP contribution >= 0.6 is 0 Å². The van der Waals surface area contributed by atoms with E-state index in [2.05, 4.69) is 6.92 Å². The number of hydrogen-bond acceptors (Lipinski definition) is 4. The summed E-state index contributed by atoms with van der Waals surface area (Å²) in [6.45, 7) is 7.79. The molecule has 4 nitrogen and oxygen atoms in total. The molecule has 1 atom stereocenters. The van der Waals surface area contributed by atoms with Crippen LogP contribution < -0.4 is 5.73 Å². The van der Waals surface area contributed by atoms with Crippen LogP contribution in [-0.2, 0) is 14.6 Å². The van der Waals surface area contributed by atoms with Gasteiger partial charge in [-0.3, -0.25) is 4.79 Å². The van der Waals surface area contributed by atoms with Crippen molar-refractivity contribution in [1.82, 2.24) is 0 Å². The predicted molar refractivity (Wildman–Crippen MR) is 84.5 cm³/mol. The fourth-order valence-electron chi connectivity index (χ4n) is 2.12. The van der Waals surface area contributed by atoms with Gasteiger partial charge in [0.15, 0.2) is 9.84 Å². The van der Waals surface area contributed by atoms with Crippen LogP contribution in [0.1, 0.15) is 66.2 Å². The first-order valence-electron chi connectivity index (χ1n) is 7.58. The summed E-state index contributed by atoms with van der Waals surface area (Å²) in [4.78, 5) is 11.8. The third-order valence-electron chi connectivity index (χ3n) is 3.69. The van der Waals surface area contributed by atoms with E-state index in [1.807, 2.05) is 0 Å². The molecule has 0 heterocycles. The molecular weight excluding hydrogens is 274 g/mol. The zero-order valence-corrected chi connectivity index (χ0v) is 14.3. The molecule has 0 saturated carbocycles. The molecule has 0 spiro atoms. The van der Waals surface area contributed by atoms with Gasteiger partial charge in [-0.2, -0.15) is 0 Å². The quantitative estimate of drug-likeness (QED) is 0.673.